The van der Waals surface area contributed by atoms with Crippen LogP contribution in [0.15, 0.2) is 60.8 Å². The molecule has 2 nitrogen and oxygen atoms in total. The molecule has 88 valence electrons. The molecule has 0 aliphatic rings. The molecule has 0 amide bonds. The van der Waals surface area contributed by atoms with Crippen molar-refractivity contribution in [2.24, 2.45) is 0 Å². The van der Waals surface area contributed by atoms with E-state index in [1.165, 1.54) is 0 Å². The van der Waals surface area contributed by atoms with Crippen molar-refractivity contribution in [3.05, 3.63) is 65.8 Å². The monoisotopic (exact) mass is 255 g/mol. The van der Waals surface area contributed by atoms with Crippen LogP contribution in [0.2, 0.25) is 5.02 Å². The van der Waals surface area contributed by atoms with Crippen molar-refractivity contribution in [3.63, 3.8) is 0 Å². The van der Waals surface area contributed by atoms with E-state index in [4.69, 9.17) is 16.3 Å². The third-order valence-electron chi connectivity index (χ3n) is 2.62. The molecule has 0 N–H and O–H groups in total. The Morgan fingerprint density at radius 3 is 2.67 bits per heavy atom. The fourth-order valence-corrected chi connectivity index (χ4v) is 2.00. The summed E-state index contributed by atoms with van der Waals surface area (Å²) in [6.07, 6.45) is 1.76. The summed E-state index contributed by atoms with van der Waals surface area (Å²) in [6, 6.07) is 17.1. The molecule has 0 saturated carbocycles. The fourth-order valence-electron chi connectivity index (χ4n) is 1.82. The van der Waals surface area contributed by atoms with Crippen LogP contribution in [0.25, 0.3) is 10.9 Å². The second-order valence-electron chi connectivity index (χ2n) is 3.89. The molecule has 0 atom stereocenters. The van der Waals surface area contributed by atoms with Crippen LogP contribution in [0.1, 0.15) is 0 Å². The molecule has 0 saturated heterocycles. The van der Waals surface area contributed by atoms with Gasteiger partial charge in [0.2, 0.25) is 0 Å². The van der Waals surface area contributed by atoms with Crippen molar-refractivity contribution < 1.29 is 4.74 Å². The summed E-state index contributed by atoms with van der Waals surface area (Å²) >= 11 is 5.93. The molecular formula is C15H10ClNO. The van der Waals surface area contributed by atoms with E-state index in [0.29, 0.717) is 10.8 Å². The molecule has 0 radical (unpaired) electrons. The minimum absolute atomic E-state index is 0.653. The first-order valence-electron chi connectivity index (χ1n) is 5.60. The van der Waals surface area contributed by atoms with Crippen LogP contribution in [-0.2, 0) is 0 Å². The summed E-state index contributed by atoms with van der Waals surface area (Å²) in [5.74, 6) is 1.44. The van der Waals surface area contributed by atoms with Gasteiger partial charge in [0.15, 0.2) is 5.75 Å². The standard InChI is InChI=1S/C15H10ClNO/c16-12-6-2-7-13(10-12)18-14-8-1-4-11-5-3-9-17-15(11)14/h1-10H. The maximum absolute atomic E-state index is 5.93. The van der Waals surface area contributed by atoms with Gasteiger partial charge in [0.05, 0.1) is 0 Å². The number of aromatic nitrogens is 1. The Morgan fingerprint density at radius 1 is 0.944 bits per heavy atom. The lowest BCUT2D eigenvalue weighted by molar-refractivity contribution is 0.487. The molecule has 1 aromatic heterocycles. The molecule has 3 aromatic rings. The lowest BCUT2D eigenvalue weighted by Crippen LogP contribution is -1.87. The number of hydrogen-bond donors (Lipinski definition) is 0. The van der Waals surface area contributed by atoms with Gasteiger partial charge >= 0.3 is 0 Å². The van der Waals surface area contributed by atoms with E-state index < -0.39 is 0 Å². The lowest BCUT2D eigenvalue weighted by atomic mass is 10.2. The Kier molecular flexibility index (Phi) is 2.87. The number of rotatable bonds is 2. The lowest BCUT2D eigenvalue weighted by Gasteiger charge is -2.08. The third-order valence-corrected chi connectivity index (χ3v) is 2.85. The van der Waals surface area contributed by atoms with E-state index in [0.717, 1.165) is 16.7 Å². The first-order valence-corrected chi connectivity index (χ1v) is 5.98. The van der Waals surface area contributed by atoms with Gasteiger partial charge in [-0.2, -0.15) is 0 Å². The van der Waals surface area contributed by atoms with Crippen molar-refractivity contribution in [1.29, 1.82) is 0 Å². The molecule has 0 fully saturated rings. The van der Waals surface area contributed by atoms with Crippen molar-refractivity contribution in [2.45, 2.75) is 0 Å². The van der Waals surface area contributed by atoms with E-state index in [1.807, 2.05) is 48.5 Å². The third kappa shape index (κ3) is 2.15. The Balaban J connectivity index is 2.05. The predicted octanol–water partition coefficient (Wildman–Crippen LogP) is 4.68. The summed E-state index contributed by atoms with van der Waals surface area (Å²) in [5, 5.41) is 1.71. The van der Waals surface area contributed by atoms with Gasteiger partial charge in [0.1, 0.15) is 11.3 Å². The number of ether oxygens (including phenoxy) is 1. The Morgan fingerprint density at radius 2 is 1.78 bits per heavy atom. The summed E-state index contributed by atoms with van der Waals surface area (Å²) in [4.78, 5) is 4.34. The normalized spacial score (nSPS) is 10.5. The smallest absolute Gasteiger partial charge is 0.153 e. The second-order valence-corrected chi connectivity index (χ2v) is 4.33. The van der Waals surface area contributed by atoms with Gasteiger partial charge in [-0.3, -0.25) is 4.98 Å². The van der Waals surface area contributed by atoms with Gasteiger partial charge in [0, 0.05) is 16.6 Å². The van der Waals surface area contributed by atoms with E-state index in [1.54, 1.807) is 12.3 Å². The number of hydrogen-bond acceptors (Lipinski definition) is 2. The summed E-state index contributed by atoms with van der Waals surface area (Å²) in [6.45, 7) is 0. The zero-order chi connectivity index (χ0) is 12.4. The molecule has 0 aliphatic heterocycles. The van der Waals surface area contributed by atoms with Crippen LogP contribution in [0.3, 0.4) is 0 Å². The Bertz CT molecular complexity index is 691. The van der Waals surface area contributed by atoms with Crippen LogP contribution in [0.5, 0.6) is 11.5 Å². The van der Waals surface area contributed by atoms with Crippen LogP contribution in [-0.4, -0.2) is 4.98 Å². The topological polar surface area (TPSA) is 22.1 Å². The first kappa shape index (κ1) is 11.1. The van der Waals surface area contributed by atoms with Crippen LogP contribution in [0.4, 0.5) is 0 Å². The van der Waals surface area contributed by atoms with Gasteiger partial charge in [-0.25, -0.2) is 0 Å². The second kappa shape index (κ2) is 4.67. The highest BCUT2D eigenvalue weighted by atomic mass is 35.5. The number of para-hydroxylation sites is 1. The largest absolute Gasteiger partial charge is 0.455 e. The average Bonchev–Trinajstić information content (AvgIpc) is 2.39. The molecule has 0 aliphatic carbocycles. The minimum Gasteiger partial charge on any atom is -0.455 e. The van der Waals surface area contributed by atoms with Crippen LogP contribution in [0, 0.1) is 0 Å². The highest BCUT2D eigenvalue weighted by Crippen LogP contribution is 2.29. The van der Waals surface area contributed by atoms with E-state index in [9.17, 15) is 0 Å². The van der Waals surface area contributed by atoms with Crippen molar-refractivity contribution in [1.82, 2.24) is 4.98 Å². The van der Waals surface area contributed by atoms with E-state index in [-0.39, 0.29) is 0 Å². The van der Waals surface area contributed by atoms with Gasteiger partial charge in [-0.1, -0.05) is 35.9 Å². The molecule has 2 aromatic carbocycles. The quantitative estimate of drug-likeness (QED) is 0.663. The number of benzene rings is 2. The average molecular weight is 256 g/mol. The molecule has 1 heterocycles. The van der Waals surface area contributed by atoms with Crippen molar-refractivity contribution in [3.8, 4) is 11.5 Å². The van der Waals surface area contributed by atoms with Crippen LogP contribution < -0.4 is 4.74 Å². The molecule has 18 heavy (non-hydrogen) atoms. The molecule has 0 bridgehead atoms. The summed E-state index contributed by atoms with van der Waals surface area (Å²) in [7, 11) is 0. The van der Waals surface area contributed by atoms with E-state index >= 15 is 0 Å². The van der Waals surface area contributed by atoms with Gasteiger partial charge < -0.3 is 4.74 Å². The van der Waals surface area contributed by atoms with Crippen molar-refractivity contribution >= 4 is 22.5 Å². The zero-order valence-electron chi connectivity index (χ0n) is 9.51. The fraction of sp³-hybridized carbons (Fsp3) is 0. The van der Waals surface area contributed by atoms with E-state index in [2.05, 4.69) is 4.98 Å². The van der Waals surface area contributed by atoms with Crippen molar-refractivity contribution in [2.75, 3.05) is 0 Å². The number of halogens is 1. The highest BCUT2D eigenvalue weighted by Gasteiger charge is 2.04. The van der Waals surface area contributed by atoms with Crippen LogP contribution >= 0.6 is 11.6 Å². The number of nitrogens with zero attached hydrogens (tertiary/aromatic N) is 1. The molecule has 0 unspecified atom stereocenters. The first-order chi connectivity index (χ1) is 8.83. The van der Waals surface area contributed by atoms with Gasteiger partial charge in [-0.05, 0) is 30.3 Å². The maximum Gasteiger partial charge on any atom is 0.153 e. The molecule has 3 heteroatoms. The molecular weight excluding hydrogens is 246 g/mol. The molecule has 3 rings (SSSR count). The zero-order valence-corrected chi connectivity index (χ0v) is 10.3. The number of pyridine rings is 1. The van der Waals surface area contributed by atoms with Gasteiger partial charge in [0.25, 0.3) is 0 Å². The number of fused-ring (bicyclic) bond motifs is 1. The SMILES string of the molecule is Clc1cccc(Oc2cccc3cccnc23)c1. The highest BCUT2D eigenvalue weighted by molar-refractivity contribution is 6.30. The van der Waals surface area contributed by atoms with Gasteiger partial charge in [-0.15, -0.1) is 0 Å². The summed E-state index contributed by atoms with van der Waals surface area (Å²) < 4.78 is 5.83. The predicted molar refractivity (Wildman–Crippen MR) is 73.3 cm³/mol. The Hall–Kier alpha value is -2.06. The Labute approximate surface area is 110 Å². The summed E-state index contributed by atoms with van der Waals surface area (Å²) in [5.41, 5.74) is 0.847. The molecule has 0 spiro atoms. The minimum atomic E-state index is 0.653. The maximum atomic E-state index is 5.93.